The van der Waals surface area contributed by atoms with Gasteiger partial charge in [-0.05, 0) is 53.9 Å². The molecule has 0 saturated carbocycles. The average molecular weight is 513 g/mol. The molecular formula is C26H25ClN2O7. The van der Waals surface area contributed by atoms with Crippen LogP contribution in [0.3, 0.4) is 0 Å². The summed E-state index contributed by atoms with van der Waals surface area (Å²) in [6.07, 6.45) is 0.558. The second-order valence-electron chi connectivity index (χ2n) is 8.06. The summed E-state index contributed by atoms with van der Waals surface area (Å²) < 4.78 is 22.5. The van der Waals surface area contributed by atoms with Crippen LogP contribution in [0.1, 0.15) is 27.5 Å². The Bertz CT molecular complexity index is 1300. The van der Waals surface area contributed by atoms with Gasteiger partial charge in [0.05, 0.1) is 32.3 Å². The van der Waals surface area contributed by atoms with Crippen LogP contribution in [0.4, 0.5) is 5.69 Å². The number of carbonyl (C=O) groups is 1. The maximum atomic E-state index is 13.6. The Morgan fingerprint density at radius 1 is 1.00 bits per heavy atom. The molecule has 1 atom stereocenters. The van der Waals surface area contributed by atoms with Gasteiger partial charge in [0.2, 0.25) is 0 Å². The fraction of sp³-hybridized carbons (Fsp3) is 0.269. The van der Waals surface area contributed by atoms with E-state index in [0.29, 0.717) is 36.0 Å². The number of ether oxygens (including phenoxy) is 4. The van der Waals surface area contributed by atoms with E-state index in [1.807, 2.05) is 24.3 Å². The lowest BCUT2D eigenvalue weighted by Crippen LogP contribution is -2.42. The number of rotatable bonds is 8. The Labute approximate surface area is 213 Å². The molecule has 0 bridgehead atoms. The standard InChI is InChI=1S/C26H25ClN2O7/c1-33-22-6-4-5-7-23(22)36-15-21-18-14-25(35-3)24(34-2)13-16(18)10-11-28(21)26(30)17-8-9-19(27)20(12-17)29(31)32/h4-9,12-14,21H,10-11,15H2,1-3H3/t21-/m0/s1. The van der Waals surface area contributed by atoms with Gasteiger partial charge in [-0.2, -0.15) is 0 Å². The van der Waals surface area contributed by atoms with Gasteiger partial charge in [0, 0.05) is 18.2 Å². The zero-order valence-electron chi connectivity index (χ0n) is 20.0. The average Bonchev–Trinajstić information content (AvgIpc) is 2.90. The number of benzene rings is 3. The van der Waals surface area contributed by atoms with Crippen molar-refractivity contribution >= 4 is 23.2 Å². The minimum atomic E-state index is -0.607. The van der Waals surface area contributed by atoms with Crippen molar-refractivity contribution in [1.82, 2.24) is 4.90 Å². The number of para-hydroxylation sites is 2. The van der Waals surface area contributed by atoms with Gasteiger partial charge in [-0.1, -0.05) is 23.7 Å². The third-order valence-corrected chi connectivity index (χ3v) is 6.44. The number of carbonyl (C=O) groups excluding carboxylic acids is 1. The van der Waals surface area contributed by atoms with Crippen molar-refractivity contribution in [2.24, 2.45) is 0 Å². The van der Waals surface area contributed by atoms with Crippen LogP contribution in [0.2, 0.25) is 5.02 Å². The monoisotopic (exact) mass is 512 g/mol. The highest BCUT2D eigenvalue weighted by Crippen LogP contribution is 2.40. The smallest absolute Gasteiger partial charge is 0.288 e. The number of methoxy groups -OCH3 is 3. The molecule has 0 radical (unpaired) electrons. The van der Waals surface area contributed by atoms with E-state index in [9.17, 15) is 14.9 Å². The summed E-state index contributed by atoms with van der Waals surface area (Å²) in [4.78, 5) is 26.1. The molecule has 0 spiro atoms. The summed E-state index contributed by atoms with van der Waals surface area (Å²) in [7, 11) is 4.67. The van der Waals surface area contributed by atoms with Gasteiger partial charge in [0.15, 0.2) is 23.0 Å². The lowest BCUT2D eigenvalue weighted by atomic mass is 9.91. The van der Waals surface area contributed by atoms with Gasteiger partial charge in [-0.15, -0.1) is 0 Å². The van der Waals surface area contributed by atoms with Gasteiger partial charge in [0.1, 0.15) is 11.6 Å². The predicted molar refractivity (Wildman–Crippen MR) is 134 cm³/mol. The number of nitro benzene ring substituents is 1. The van der Waals surface area contributed by atoms with Crippen molar-refractivity contribution in [3.63, 3.8) is 0 Å². The largest absolute Gasteiger partial charge is 0.493 e. The molecule has 3 aromatic rings. The molecule has 1 heterocycles. The molecule has 0 saturated heterocycles. The number of nitrogens with zero attached hydrogens (tertiary/aromatic N) is 2. The number of hydrogen-bond donors (Lipinski definition) is 0. The van der Waals surface area contributed by atoms with Crippen LogP contribution in [0.25, 0.3) is 0 Å². The minimum absolute atomic E-state index is 0.0339. The maximum Gasteiger partial charge on any atom is 0.288 e. The molecule has 0 N–H and O–H groups in total. The fourth-order valence-corrected chi connectivity index (χ4v) is 4.50. The first-order valence-corrected chi connectivity index (χ1v) is 11.5. The quantitative estimate of drug-likeness (QED) is 0.306. The van der Waals surface area contributed by atoms with Crippen LogP contribution < -0.4 is 18.9 Å². The Balaban J connectivity index is 1.74. The Kier molecular flexibility index (Phi) is 7.49. The molecule has 0 fully saturated rings. The van der Waals surface area contributed by atoms with E-state index < -0.39 is 11.0 Å². The van der Waals surface area contributed by atoms with Crippen molar-refractivity contribution < 1.29 is 28.7 Å². The van der Waals surface area contributed by atoms with Crippen molar-refractivity contribution in [3.05, 3.63) is 86.4 Å². The molecule has 0 aromatic heterocycles. The molecule has 1 aliphatic heterocycles. The second kappa shape index (κ2) is 10.7. The van der Waals surface area contributed by atoms with Crippen molar-refractivity contribution in [3.8, 4) is 23.0 Å². The maximum absolute atomic E-state index is 13.6. The minimum Gasteiger partial charge on any atom is -0.493 e. The zero-order valence-corrected chi connectivity index (χ0v) is 20.8. The van der Waals surface area contributed by atoms with Gasteiger partial charge in [-0.3, -0.25) is 14.9 Å². The van der Waals surface area contributed by atoms with E-state index in [4.69, 9.17) is 30.5 Å². The third-order valence-electron chi connectivity index (χ3n) is 6.12. The Morgan fingerprint density at radius 3 is 2.33 bits per heavy atom. The summed E-state index contributed by atoms with van der Waals surface area (Å²) in [5.74, 6) is 1.83. The van der Waals surface area contributed by atoms with Gasteiger partial charge < -0.3 is 23.8 Å². The Morgan fingerprint density at radius 2 is 1.67 bits per heavy atom. The number of halogens is 1. The van der Waals surface area contributed by atoms with Crippen LogP contribution >= 0.6 is 11.6 Å². The van der Waals surface area contributed by atoms with Crippen LogP contribution in [-0.2, 0) is 6.42 Å². The van der Waals surface area contributed by atoms with Crippen LogP contribution in [0.5, 0.6) is 23.0 Å². The highest BCUT2D eigenvalue weighted by atomic mass is 35.5. The number of amides is 1. The Hall–Kier alpha value is -3.98. The molecule has 3 aromatic carbocycles. The highest BCUT2D eigenvalue weighted by Gasteiger charge is 2.34. The first-order valence-electron chi connectivity index (χ1n) is 11.1. The molecular weight excluding hydrogens is 488 g/mol. The zero-order chi connectivity index (χ0) is 25.8. The molecule has 9 nitrogen and oxygen atoms in total. The van der Waals surface area contributed by atoms with E-state index in [1.54, 1.807) is 38.4 Å². The molecule has 4 rings (SSSR count). The molecule has 188 valence electrons. The summed E-state index contributed by atoms with van der Waals surface area (Å²) in [6, 6.07) is 14.5. The van der Waals surface area contributed by atoms with Crippen LogP contribution in [-0.4, -0.2) is 50.2 Å². The van der Waals surface area contributed by atoms with Crippen LogP contribution in [0, 0.1) is 10.1 Å². The first kappa shape index (κ1) is 25.1. The number of fused-ring (bicyclic) bond motifs is 1. The number of nitro groups is 1. The SMILES string of the molecule is COc1cc2c(cc1OC)[C@H](COc1ccccc1OC)N(C(=O)c1ccc(Cl)c([N+](=O)[O-])c1)CC2. The van der Waals surface area contributed by atoms with Crippen molar-refractivity contribution in [1.29, 1.82) is 0 Å². The van der Waals surface area contributed by atoms with E-state index in [-0.39, 0.29) is 28.8 Å². The lowest BCUT2D eigenvalue weighted by Gasteiger charge is -2.37. The molecule has 1 amide bonds. The summed E-state index contributed by atoms with van der Waals surface area (Å²) in [5, 5.41) is 11.4. The van der Waals surface area contributed by atoms with E-state index in [2.05, 4.69) is 0 Å². The van der Waals surface area contributed by atoms with Gasteiger partial charge in [0.25, 0.3) is 11.6 Å². The van der Waals surface area contributed by atoms with E-state index in [0.717, 1.165) is 11.1 Å². The molecule has 36 heavy (non-hydrogen) atoms. The molecule has 1 aliphatic rings. The fourth-order valence-electron chi connectivity index (χ4n) is 4.31. The molecule has 10 heteroatoms. The second-order valence-corrected chi connectivity index (χ2v) is 8.46. The molecule has 0 unspecified atom stereocenters. The van der Waals surface area contributed by atoms with Crippen molar-refractivity contribution in [2.75, 3.05) is 34.5 Å². The lowest BCUT2D eigenvalue weighted by molar-refractivity contribution is -0.384. The van der Waals surface area contributed by atoms with Gasteiger partial charge in [-0.25, -0.2) is 0 Å². The highest BCUT2D eigenvalue weighted by molar-refractivity contribution is 6.32. The van der Waals surface area contributed by atoms with Gasteiger partial charge >= 0.3 is 0 Å². The van der Waals surface area contributed by atoms with E-state index >= 15 is 0 Å². The first-order chi connectivity index (χ1) is 17.4. The van der Waals surface area contributed by atoms with E-state index in [1.165, 1.54) is 18.2 Å². The summed E-state index contributed by atoms with van der Waals surface area (Å²) in [5.41, 5.74) is 1.67. The third kappa shape index (κ3) is 4.87. The normalized spacial score (nSPS) is 14.6. The summed E-state index contributed by atoms with van der Waals surface area (Å²) >= 11 is 5.96. The topological polar surface area (TPSA) is 100 Å². The predicted octanol–water partition coefficient (Wildman–Crippen LogP) is 5.09. The number of hydrogen-bond acceptors (Lipinski definition) is 7. The van der Waals surface area contributed by atoms with Crippen molar-refractivity contribution in [2.45, 2.75) is 12.5 Å². The summed E-state index contributed by atoms with van der Waals surface area (Å²) in [6.45, 7) is 0.488. The van der Waals surface area contributed by atoms with Crippen LogP contribution in [0.15, 0.2) is 54.6 Å². The molecule has 0 aliphatic carbocycles.